The zero-order chi connectivity index (χ0) is 21.8. The van der Waals surface area contributed by atoms with Crippen LogP contribution in [0.2, 0.25) is 0 Å². The largest absolute Gasteiger partial charge is 0.496 e. The van der Waals surface area contributed by atoms with Crippen molar-refractivity contribution in [3.63, 3.8) is 0 Å². The molecule has 5 nitrogen and oxygen atoms in total. The third kappa shape index (κ3) is 4.23. The predicted molar refractivity (Wildman–Crippen MR) is 129 cm³/mol. The molecular weight excluding hydrogens is 462 g/mol. The van der Waals surface area contributed by atoms with Crippen molar-refractivity contribution in [3.8, 4) is 5.75 Å². The van der Waals surface area contributed by atoms with Gasteiger partial charge in [-0.25, -0.2) is 0 Å². The van der Waals surface area contributed by atoms with Crippen molar-refractivity contribution < 1.29 is 9.53 Å². The number of likely N-dealkylation sites (N-methyl/N-ethyl adjacent to an activating group) is 1. The van der Waals surface area contributed by atoms with Crippen LogP contribution in [-0.2, 0) is 4.79 Å². The number of para-hydroxylation sites is 1. The van der Waals surface area contributed by atoms with Crippen LogP contribution in [0.4, 0.5) is 5.69 Å². The number of thiocarbonyl (C=S) groups is 1. The van der Waals surface area contributed by atoms with E-state index in [1.807, 2.05) is 79.1 Å². The Bertz CT molecular complexity index is 974. The van der Waals surface area contributed by atoms with E-state index in [1.165, 1.54) is 0 Å². The smallest absolute Gasteiger partial charge is 0.253 e. The third-order valence-corrected chi connectivity index (χ3v) is 6.21. The van der Waals surface area contributed by atoms with Gasteiger partial charge in [0.05, 0.1) is 23.2 Å². The van der Waals surface area contributed by atoms with Crippen molar-refractivity contribution in [1.82, 2.24) is 10.2 Å². The molecule has 0 fully saturated rings. The molecule has 0 saturated heterocycles. The van der Waals surface area contributed by atoms with Gasteiger partial charge in [-0.1, -0.05) is 24.3 Å². The summed E-state index contributed by atoms with van der Waals surface area (Å²) in [4.78, 5) is 17.3. The van der Waals surface area contributed by atoms with E-state index in [9.17, 15) is 4.79 Å². The van der Waals surface area contributed by atoms with Gasteiger partial charge in [-0.15, -0.1) is 0 Å². The van der Waals surface area contributed by atoms with E-state index in [0.29, 0.717) is 23.8 Å². The second-order valence-corrected chi connectivity index (χ2v) is 8.17. The van der Waals surface area contributed by atoms with Gasteiger partial charge in [-0.05, 0) is 78.7 Å². The SMILES string of the molecule is CCN(CC)C(=O)C1=C(C)N(c2ccccc2)C(=S)N[C@H]1c1ccc(OC)c(Br)c1. The molecule has 1 atom stereocenters. The molecule has 0 unspecified atom stereocenters. The van der Waals surface area contributed by atoms with Gasteiger partial charge in [0, 0.05) is 24.5 Å². The van der Waals surface area contributed by atoms with Crippen LogP contribution < -0.4 is 15.0 Å². The topological polar surface area (TPSA) is 44.8 Å². The predicted octanol–water partition coefficient (Wildman–Crippen LogP) is 5.04. The van der Waals surface area contributed by atoms with E-state index in [0.717, 1.165) is 27.2 Å². The van der Waals surface area contributed by atoms with Gasteiger partial charge in [0.15, 0.2) is 5.11 Å². The van der Waals surface area contributed by atoms with Crippen molar-refractivity contribution in [3.05, 3.63) is 69.8 Å². The standard InChI is InChI=1S/C23H26BrN3O2S/c1-5-26(6-2)22(28)20-15(3)27(17-10-8-7-9-11-17)23(30)25-21(20)16-12-13-19(29-4)18(24)14-16/h7-14,21H,5-6H2,1-4H3,(H,25,30)/t21-/m0/s1. The Kier molecular flexibility index (Phi) is 7.15. The molecule has 30 heavy (non-hydrogen) atoms. The van der Waals surface area contributed by atoms with Gasteiger partial charge in [-0.3, -0.25) is 9.69 Å². The number of methoxy groups -OCH3 is 1. The Balaban J connectivity index is 2.16. The lowest BCUT2D eigenvalue weighted by atomic mass is 9.93. The second-order valence-electron chi connectivity index (χ2n) is 6.92. The average Bonchev–Trinajstić information content (AvgIpc) is 2.74. The minimum atomic E-state index is -0.354. The normalized spacial score (nSPS) is 16.4. The highest BCUT2D eigenvalue weighted by molar-refractivity contribution is 9.10. The molecule has 0 radical (unpaired) electrons. The fourth-order valence-electron chi connectivity index (χ4n) is 3.70. The number of rotatable bonds is 6. The highest BCUT2D eigenvalue weighted by Crippen LogP contribution is 2.37. The number of halogens is 1. The molecule has 3 rings (SSSR count). The third-order valence-electron chi connectivity index (χ3n) is 5.29. The van der Waals surface area contributed by atoms with Gasteiger partial charge in [0.2, 0.25) is 0 Å². The fourth-order valence-corrected chi connectivity index (χ4v) is 4.62. The Morgan fingerprint density at radius 1 is 1.20 bits per heavy atom. The summed E-state index contributed by atoms with van der Waals surface area (Å²) in [7, 11) is 1.63. The molecule has 0 bridgehead atoms. The van der Waals surface area contributed by atoms with Crippen LogP contribution in [0.5, 0.6) is 5.75 Å². The summed E-state index contributed by atoms with van der Waals surface area (Å²) in [6.07, 6.45) is 0. The van der Waals surface area contributed by atoms with Crippen LogP contribution >= 0.6 is 28.1 Å². The second kappa shape index (κ2) is 9.62. The molecule has 2 aromatic carbocycles. The van der Waals surface area contributed by atoms with E-state index in [1.54, 1.807) is 7.11 Å². The fraction of sp³-hybridized carbons (Fsp3) is 0.304. The first kappa shape index (κ1) is 22.3. The molecular formula is C23H26BrN3O2S. The maximum Gasteiger partial charge on any atom is 0.253 e. The number of nitrogens with one attached hydrogen (secondary N) is 1. The summed E-state index contributed by atoms with van der Waals surface area (Å²) < 4.78 is 6.19. The molecule has 1 aliphatic heterocycles. The van der Waals surface area contributed by atoms with Crippen LogP contribution in [0.3, 0.4) is 0 Å². The van der Waals surface area contributed by atoms with Crippen molar-refractivity contribution in [2.45, 2.75) is 26.8 Å². The van der Waals surface area contributed by atoms with Crippen molar-refractivity contribution in [1.29, 1.82) is 0 Å². The van der Waals surface area contributed by atoms with Crippen LogP contribution in [0.25, 0.3) is 0 Å². The molecule has 0 spiro atoms. The van der Waals surface area contributed by atoms with E-state index in [4.69, 9.17) is 17.0 Å². The molecule has 158 valence electrons. The Morgan fingerprint density at radius 2 is 1.87 bits per heavy atom. The minimum absolute atomic E-state index is 0.00497. The highest BCUT2D eigenvalue weighted by atomic mass is 79.9. The summed E-state index contributed by atoms with van der Waals surface area (Å²) in [5.74, 6) is 0.741. The quantitative estimate of drug-likeness (QED) is 0.578. The van der Waals surface area contributed by atoms with Crippen LogP contribution in [-0.4, -0.2) is 36.1 Å². The summed E-state index contributed by atoms with van der Waals surface area (Å²) in [6.45, 7) is 7.22. The number of carbonyl (C=O) groups excluding carboxylic acids is 1. The molecule has 2 aromatic rings. The first-order valence-corrected chi connectivity index (χ1v) is 11.1. The maximum atomic E-state index is 13.6. The molecule has 0 aliphatic carbocycles. The Morgan fingerprint density at radius 3 is 2.43 bits per heavy atom. The van der Waals surface area contributed by atoms with Gasteiger partial charge in [0.1, 0.15) is 5.75 Å². The van der Waals surface area contributed by atoms with Crippen LogP contribution in [0.15, 0.2) is 64.3 Å². The summed E-state index contributed by atoms with van der Waals surface area (Å²) in [5, 5.41) is 3.96. The highest BCUT2D eigenvalue weighted by Gasteiger charge is 2.36. The van der Waals surface area contributed by atoms with E-state index < -0.39 is 0 Å². The Hall–Kier alpha value is -2.38. The molecule has 7 heteroatoms. The van der Waals surface area contributed by atoms with Gasteiger partial charge in [0.25, 0.3) is 5.91 Å². The van der Waals surface area contributed by atoms with Crippen LogP contribution in [0.1, 0.15) is 32.4 Å². The summed E-state index contributed by atoms with van der Waals surface area (Å²) >= 11 is 9.28. The number of benzene rings is 2. The lowest BCUT2D eigenvalue weighted by molar-refractivity contribution is -0.127. The summed E-state index contributed by atoms with van der Waals surface area (Å²) in [6, 6.07) is 15.3. The number of anilines is 1. The Labute approximate surface area is 191 Å². The zero-order valence-electron chi connectivity index (χ0n) is 17.6. The number of nitrogens with zero attached hydrogens (tertiary/aromatic N) is 2. The van der Waals surface area contributed by atoms with Gasteiger partial charge < -0.3 is 15.0 Å². The van der Waals surface area contributed by atoms with Crippen molar-refractivity contribution in [2.24, 2.45) is 0 Å². The lowest BCUT2D eigenvalue weighted by Gasteiger charge is -2.39. The number of hydrogen-bond donors (Lipinski definition) is 1. The number of ether oxygens (including phenoxy) is 1. The van der Waals surface area contributed by atoms with E-state index in [-0.39, 0.29) is 11.9 Å². The van der Waals surface area contributed by atoms with Gasteiger partial charge >= 0.3 is 0 Å². The van der Waals surface area contributed by atoms with Crippen LogP contribution in [0, 0.1) is 0 Å². The molecule has 1 aliphatic rings. The number of allylic oxidation sites excluding steroid dienone is 1. The molecule has 1 N–H and O–H groups in total. The number of amides is 1. The molecule has 0 aromatic heterocycles. The van der Waals surface area contributed by atoms with Crippen molar-refractivity contribution >= 4 is 44.9 Å². The minimum Gasteiger partial charge on any atom is -0.496 e. The average molecular weight is 488 g/mol. The maximum absolute atomic E-state index is 13.6. The zero-order valence-corrected chi connectivity index (χ0v) is 20.0. The number of hydrogen-bond acceptors (Lipinski definition) is 3. The van der Waals surface area contributed by atoms with E-state index in [2.05, 4.69) is 21.2 Å². The molecule has 1 amide bonds. The lowest BCUT2D eigenvalue weighted by Crippen LogP contribution is -2.50. The first-order valence-electron chi connectivity index (χ1n) is 9.92. The van der Waals surface area contributed by atoms with Gasteiger partial charge in [-0.2, -0.15) is 0 Å². The summed E-state index contributed by atoms with van der Waals surface area (Å²) in [5.41, 5.74) is 3.38. The first-order chi connectivity index (χ1) is 14.4. The number of carbonyl (C=O) groups is 1. The molecule has 1 heterocycles. The van der Waals surface area contributed by atoms with Crippen molar-refractivity contribution in [2.75, 3.05) is 25.1 Å². The molecule has 0 saturated carbocycles. The van der Waals surface area contributed by atoms with E-state index >= 15 is 0 Å². The monoisotopic (exact) mass is 487 g/mol.